The fraction of sp³-hybridized carbons (Fsp3) is 0.294. The summed E-state index contributed by atoms with van der Waals surface area (Å²) in [6.45, 7) is 3.75. The maximum absolute atomic E-state index is 9.31. The van der Waals surface area contributed by atoms with E-state index >= 15 is 0 Å². The number of aliphatic hydroxyl groups excluding tert-OH is 1. The van der Waals surface area contributed by atoms with E-state index < -0.39 is 0 Å². The molecule has 2 nitrogen and oxygen atoms in total. The molecule has 0 aliphatic heterocycles. The molecule has 0 fully saturated rings. The van der Waals surface area contributed by atoms with Crippen LogP contribution in [0.3, 0.4) is 0 Å². The topological polar surface area (TPSA) is 29.5 Å². The highest BCUT2D eigenvalue weighted by Gasteiger charge is 2.07. The zero-order valence-electron chi connectivity index (χ0n) is 11.4. The van der Waals surface area contributed by atoms with Gasteiger partial charge in [0.25, 0.3) is 0 Å². The van der Waals surface area contributed by atoms with Crippen LogP contribution in [0.15, 0.2) is 54.6 Å². The van der Waals surface area contributed by atoms with Gasteiger partial charge in [0.1, 0.15) is 5.75 Å². The van der Waals surface area contributed by atoms with Gasteiger partial charge in [0.15, 0.2) is 0 Å². The van der Waals surface area contributed by atoms with E-state index in [-0.39, 0.29) is 12.2 Å². The van der Waals surface area contributed by atoms with Crippen LogP contribution in [0.1, 0.15) is 20.3 Å². The second kappa shape index (κ2) is 6.39. The third kappa shape index (κ3) is 4.11. The van der Waals surface area contributed by atoms with Crippen LogP contribution in [0.4, 0.5) is 0 Å². The first-order valence-corrected chi connectivity index (χ1v) is 6.65. The maximum Gasteiger partial charge on any atom is 0.119 e. The largest absolute Gasteiger partial charge is 0.491 e. The third-order valence-electron chi connectivity index (χ3n) is 2.97. The van der Waals surface area contributed by atoms with Crippen LogP contribution in [-0.4, -0.2) is 17.3 Å². The fourth-order valence-electron chi connectivity index (χ4n) is 2.12. The number of ether oxygens (including phenoxy) is 1. The van der Waals surface area contributed by atoms with Gasteiger partial charge >= 0.3 is 0 Å². The SMILES string of the molecule is C[C@H](O)C[C@H](C)Oc1ccc(-c2ccccc2)cc1. The van der Waals surface area contributed by atoms with Crippen LogP contribution < -0.4 is 4.74 Å². The molecule has 0 unspecified atom stereocenters. The summed E-state index contributed by atoms with van der Waals surface area (Å²) in [5.74, 6) is 0.841. The minimum absolute atomic E-state index is 0.0163. The molecule has 2 aromatic carbocycles. The van der Waals surface area contributed by atoms with Gasteiger partial charge in [-0.3, -0.25) is 0 Å². The maximum atomic E-state index is 9.31. The molecule has 0 aliphatic rings. The van der Waals surface area contributed by atoms with Crippen molar-refractivity contribution in [2.75, 3.05) is 0 Å². The molecular weight excluding hydrogens is 236 g/mol. The lowest BCUT2D eigenvalue weighted by atomic mass is 10.1. The Balaban J connectivity index is 2.03. The Morgan fingerprint density at radius 2 is 1.47 bits per heavy atom. The average molecular weight is 256 g/mol. The summed E-state index contributed by atoms with van der Waals surface area (Å²) in [6, 6.07) is 18.3. The predicted octanol–water partition coefficient (Wildman–Crippen LogP) is 3.89. The summed E-state index contributed by atoms with van der Waals surface area (Å²) in [5.41, 5.74) is 2.38. The van der Waals surface area contributed by atoms with E-state index in [1.54, 1.807) is 6.92 Å². The smallest absolute Gasteiger partial charge is 0.119 e. The molecule has 100 valence electrons. The van der Waals surface area contributed by atoms with Crippen LogP contribution >= 0.6 is 0 Å². The molecule has 0 radical (unpaired) electrons. The Hall–Kier alpha value is -1.80. The summed E-state index contributed by atoms with van der Waals surface area (Å²) in [5, 5.41) is 9.31. The first kappa shape index (κ1) is 13.6. The average Bonchev–Trinajstić information content (AvgIpc) is 2.39. The van der Waals surface area contributed by atoms with Crippen molar-refractivity contribution in [1.82, 2.24) is 0 Å². The highest BCUT2D eigenvalue weighted by atomic mass is 16.5. The van der Waals surface area contributed by atoms with Crippen LogP contribution in [0, 0.1) is 0 Å². The Bertz CT molecular complexity index is 488. The number of benzene rings is 2. The zero-order chi connectivity index (χ0) is 13.7. The van der Waals surface area contributed by atoms with Crippen molar-refractivity contribution in [3.63, 3.8) is 0 Å². The van der Waals surface area contributed by atoms with Crippen LogP contribution in [-0.2, 0) is 0 Å². The summed E-state index contributed by atoms with van der Waals surface area (Å²) in [7, 11) is 0. The minimum atomic E-state index is -0.335. The molecule has 2 aromatic rings. The van der Waals surface area contributed by atoms with Crippen molar-refractivity contribution in [3.05, 3.63) is 54.6 Å². The Kier molecular flexibility index (Phi) is 4.58. The van der Waals surface area contributed by atoms with Gasteiger partial charge in [-0.05, 0) is 37.1 Å². The quantitative estimate of drug-likeness (QED) is 0.879. The normalized spacial score (nSPS) is 13.8. The molecular formula is C17H20O2. The molecule has 2 heteroatoms. The summed E-state index contributed by atoms with van der Waals surface area (Å²) >= 11 is 0. The van der Waals surface area contributed by atoms with Gasteiger partial charge in [-0.15, -0.1) is 0 Å². The number of hydrogen-bond donors (Lipinski definition) is 1. The fourth-order valence-corrected chi connectivity index (χ4v) is 2.12. The van der Waals surface area contributed by atoms with Gasteiger partial charge < -0.3 is 9.84 Å². The monoisotopic (exact) mass is 256 g/mol. The molecule has 0 amide bonds. The first-order valence-electron chi connectivity index (χ1n) is 6.65. The van der Waals surface area contributed by atoms with Crippen molar-refractivity contribution in [3.8, 4) is 16.9 Å². The second-order valence-corrected chi connectivity index (χ2v) is 4.90. The van der Waals surface area contributed by atoms with Gasteiger partial charge in [0.2, 0.25) is 0 Å². The summed E-state index contributed by atoms with van der Waals surface area (Å²) in [6.07, 6.45) is 0.321. The lowest BCUT2D eigenvalue weighted by Crippen LogP contribution is -2.18. The van der Waals surface area contributed by atoms with Crippen molar-refractivity contribution >= 4 is 0 Å². The highest BCUT2D eigenvalue weighted by Crippen LogP contribution is 2.23. The molecule has 0 saturated heterocycles. The van der Waals surface area contributed by atoms with Crippen molar-refractivity contribution in [2.24, 2.45) is 0 Å². The van der Waals surface area contributed by atoms with Gasteiger partial charge in [-0.2, -0.15) is 0 Å². The Morgan fingerprint density at radius 1 is 0.895 bits per heavy atom. The Labute approximate surface area is 114 Å². The zero-order valence-corrected chi connectivity index (χ0v) is 11.4. The summed E-state index contributed by atoms with van der Waals surface area (Å²) in [4.78, 5) is 0. The van der Waals surface area contributed by atoms with Gasteiger partial charge in [-0.25, -0.2) is 0 Å². The predicted molar refractivity (Wildman–Crippen MR) is 78.3 cm³/mol. The highest BCUT2D eigenvalue weighted by molar-refractivity contribution is 5.63. The van der Waals surface area contributed by atoms with Gasteiger partial charge in [0.05, 0.1) is 12.2 Å². The molecule has 2 rings (SSSR count). The lowest BCUT2D eigenvalue weighted by Gasteiger charge is -2.16. The molecule has 2 atom stereocenters. The first-order chi connectivity index (χ1) is 9.15. The second-order valence-electron chi connectivity index (χ2n) is 4.90. The molecule has 1 N–H and O–H groups in total. The van der Waals surface area contributed by atoms with Gasteiger partial charge in [-0.1, -0.05) is 42.5 Å². The number of hydrogen-bond acceptors (Lipinski definition) is 2. The number of aliphatic hydroxyl groups is 1. The molecule has 0 spiro atoms. The van der Waals surface area contributed by atoms with Crippen LogP contribution in [0.5, 0.6) is 5.75 Å². The van der Waals surface area contributed by atoms with E-state index in [1.165, 1.54) is 11.1 Å². The van der Waals surface area contributed by atoms with E-state index in [1.807, 2.05) is 37.3 Å². The number of rotatable bonds is 5. The molecule has 0 bridgehead atoms. The molecule has 0 saturated carbocycles. The third-order valence-corrected chi connectivity index (χ3v) is 2.97. The van der Waals surface area contributed by atoms with E-state index in [0.717, 1.165) is 5.75 Å². The molecule has 0 heterocycles. The van der Waals surface area contributed by atoms with Gasteiger partial charge in [0, 0.05) is 6.42 Å². The minimum Gasteiger partial charge on any atom is -0.491 e. The van der Waals surface area contributed by atoms with E-state index in [0.29, 0.717) is 6.42 Å². The van der Waals surface area contributed by atoms with Crippen LogP contribution in [0.25, 0.3) is 11.1 Å². The van der Waals surface area contributed by atoms with E-state index in [2.05, 4.69) is 24.3 Å². The van der Waals surface area contributed by atoms with Crippen molar-refractivity contribution in [1.29, 1.82) is 0 Å². The lowest BCUT2D eigenvalue weighted by molar-refractivity contribution is 0.115. The van der Waals surface area contributed by atoms with E-state index in [9.17, 15) is 5.11 Å². The molecule has 0 aromatic heterocycles. The Morgan fingerprint density at radius 3 is 2.05 bits per heavy atom. The summed E-state index contributed by atoms with van der Waals surface area (Å²) < 4.78 is 5.76. The van der Waals surface area contributed by atoms with Crippen molar-refractivity contribution < 1.29 is 9.84 Å². The van der Waals surface area contributed by atoms with Crippen LogP contribution in [0.2, 0.25) is 0 Å². The molecule has 19 heavy (non-hydrogen) atoms. The van der Waals surface area contributed by atoms with Crippen molar-refractivity contribution in [2.45, 2.75) is 32.5 Å². The molecule has 0 aliphatic carbocycles. The standard InChI is InChI=1S/C17H20O2/c1-13(18)12-14(2)19-17-10-8-16(9-11-17)15-6-4-3-5-7-15/h3-11,13-14,18H,12H2,1-2H3/t13-,14-/m0/s1. The van der Waals surface area contributed by atoms with E-state index in [4.69, 9.17) is 4.74 Å².